The summed E-state index contributed by atoms with van der Waals surface area (Å²) in [6.45, 7) is 9.42. The molecule has 12 heavy (non-hydrogen) atoms. The van der Waals surface area contributed by atoms with Gasteiger partial charge in [0.25, 0.3) is 0 Å². The summed E-state index contributed by atoms with van der Waals surface area (Å²) in [5, 5.41) is 0. The Morgan fingerprint density at radius 1 is 0.917 bits per heavy atom. The van der Waals surface area contributed by atoms with Crippen molar-refractivity contribution < 1.29 is 0 Å². The van der Waals surface area contributed by atoms with E-state index in [2.05, 4.69) is 39.5 Å². The number of rotatable bonds is 7. The summed E-state index contributed by atoms with van der Waals surface area (Å²) in [6, 6.07) is 0. The topological polar surface area (TPSA) is 0 Å². The molecule has 0 saturated carbocycles. The second-order valence-corrected chi connectivity index (χ2v) is 9.63. The highest BCUT2D eigenvalue weighted by molar-refractivity contribution is 7.99. The van der Waals surface area contributed by atoms with E-state index in [1.54, 1.807) is 0 Å². The first-order chi connectivity index (χ1) is 5.74. The monoisotopic (exact) mass is 207 g/mol. The van der Waals surface area contributed by atoms with Crippen molar-refractivity contribution in [3.63, 3.8) is 0 Å². The average molecular weight is 207 g/mol. The lowest BCUT2D eigenvalue weighted by Gasteiger charge is -2.23. The van der Waals surface area contributed by atoms with Crippen LogP contribution in [0.3, 0.4) is 0 Å². The summed E-state index contributed by atoms with van der Waals surface area (Å²) < 4.78 is 0. The van der Waals surface area contributed by atoms with Crippen LogP contribution in [0.2, 0.25) is 0 Å². The number of thioether (sulfide) groups is 1. The highest BCUT2D eigenvalue weighted by atomic mass is 32.2. The molecule has 0 aliphatic heterocycles. The lowest BCUT2D eigenvalue weighted by atomic mass is 10.9. The fourth-order valence-corrected chi connectivity index (χ4v) is 6.19. The molecule has 0 radical (unpaired) electrons. The van der Waals surface area contributed by atoms with Gasteiger partial charge in [-0.25, -0.2) is 0 Å². The van der Waals surface area contributed by atoms with E-state index in [1.165, 1.54) is 36.2 Å². The third kappa shape index (κ3) is 4.14. The molecule has 0 rings (SSSR count). The van der Waals surface area contributed by atoms with E-state index in [9.17, 15) is 0 Å². The van der Waals surface area contributed by atoms with E-state index >= 15 is 0 Å². The zero-order valence-corrected chi connectivity index (χ0v) is 10.8. The minimum absolute atomic E-state index is 0.489. The molecule has 74 valence electrons. The Hall–Kier alpha value is 0.780. The van der Waals surface area contributed by atoms with E-state index in [-0.39, 0.29) is 0 Å². The van der Waals surface area contributed by atoms with Gasteiger partial charge in [-0.2, -0.15) is 11.8 Å². The maximum Gasteiger partial charge on any atom is 0.0684 e. The van der Waals surface area contributed by atoms with Gasteiger partial charge in [0.2, 0.25) is 0 Å². The third-order valence-corrected chi connectivity index (χ3v) is 9.33. The highest BCUT2D eigenvalue weighted by Gasteiger charge is 2.29. The largest absolute Gasteiger partial charge is 0.159 e. The maximum absolute atomic E-state index is 2.39. The molecule has 0 unspecified atom stereocenters. The molecule has 0 spiro atoms. The molecule has 0 aromatic carbocycles. The summed E-state index contributed by atoms with van der Waals surface area (Å²) in [4.78, 5) is 0. The van der Waals surface area contributed by atoms with Crippen LogP contribution in [0.15, 0.2) is 0 Å². The van der Waals surface area contributed by atoms with E-state index in [0.29, 0.717) is 0 Å². The molecule has 0 aromatic rings. The van der Waals surface area contributed by atoms with Gasteiger partial charge in [0.1, 0.15) is 0 Å². The van der Waals surface area contributed by atoms with Gasteiger partial charge in [-0.05, 0) is 26.5 Å². The first-order valence-corrected chi connectivity index (χ1v) is 8.86. The van der Waals surface area contributed by atoms with Crippen LogP contribution in [0.25, 0.3) is 0 Å². The van der Waals surface area contributed by atoms with Gasteiger partial charge in [-0.15, -0.1) is 0 Å². The predicted molar refractivity (Wildman–Crippen MR) is 66.4 cm³/mol. The molecule has 0 fully saturated rings. The van der Waals surface area contributed by atoms with Gasteiger partial charge in [-0.1, -0.05) is 6.92 Å². The molecule has 0 N–H and O–H groups in total. The zero-order chi connectivity index (χ0) is 9.45. The van der Waals surface area contributed by atoms with Gasteiger partial charge in [0.15, 0.2) is 0 Å². The molecular weight excluding hydrogens is 183 g/mol. The molecule has 0 heterocycles. The third-order valence-electron chi connectivity index (χ3n) is 2.93. The van der Waals surface area contributed by atoms with E-state index in [0.717, 1.165) is 0 Å². The van der Waals surface area contributed by atoms with Crippen molar-refractivity contribution in [2.75, 3.05) is 36.2 Å². The first-order valence-electron chi connectivity index (χ1n) is 5.17. The Bertz CT molecular complexity index is 91.7. The van der Waals surface area contributed by atoms with Crippen molar-refractivity contribution in [2.45, 2.75) is 27.7 Å². The highest BCUT2D eigenvalue weighted by Crippen LogP contribution is 2.57. The van der Waals surface area contributed by atoms with E-state index < -0.39 is 7.26 Å². The van der Waals surface area contributed by atoms with Crippen molar-refractivity contribution in [3.05, 3.63) is 0 Å². The summed E-state index contributed by atoms with van der Waals surface area (Å²) in [7, 11) is -0.489. The Balaban J connectivity index is 3.76. The molecule has 2 heteroatoms. The summed E-state index contributed by atoms with van der Waals surface area (Å²) in [6.07, 6.45) is 5.91. The predicted octanol–water partition coefficient (Wildman–Crippen LogP) is 3.82. The lowest BCUT2D eigenvalue weighted by molar-refractivity contribution is 1.25. The summed E-state index contributed by atoms with van der Waals surface area (Å²) >= 11 is 2.11. The quantitative estimate of drug-likeness (QED) is 0.452. The zero-order valence-electron chi connectivity index (χ0n) is 9.10. The average Bonchev–Trinajstić information content (AvgIpc) is 2.14. The smallest absolute Gasteiger partial charge is 0.0684 e. The van der Waals surface area contributed by atoms with Gasteiger partial charge in [0, 0.05) is 13.0 Å². The van der Waals surface area contributed by atoms with Crippen LogP contribution in [0.4, 0.5) is 0 Å². The molecule has 0 aliphatic carbocycles. The van der Waals surface area contributed by atoms with Gasteiger partial charge in [0.05, 0.1) is 24.6 Å². The van der Waals surface area contributed by atoms with Crippen molar-refractivity contribution in [1.82, 2.24) is 0 Å². The van der Waals surface area contributed by atoms with Gasteiger partial charge < -0.3 is 0 Å². The standard InChI is InChI=1S/C10H24PS/c1-5-11(6-2,7-3)9-10-12-8-4/h5-10H2,1-4H3/q+1. The fourth-order valence-electron chi connectivity index (χ4n) is 1.55. The molecule has 0 nitrogen and oxygen atoms in total. The molecular formula is C10H24PS+. The van der Waals surface area contributed by atoms with Crippen LogP contribution in [0.5, 0.6) is 0 Å². The van der Waals surface area contributed by atoms with Crippen molar-refractivity contribution >= 4 is 19.0 Å². The SMILES string of the molecule is CCSCC[P+](CC)(CC)CC. The molecule has 0 atom stereocenters. The van der Waals surface area contributed by atoms with Crippen LogP contribution >= 0.6 is 19.0 Å². The number of hydrogen-bond acceptors (Lipinski definition) is 1. The normalized spacial score (nSPS) is 12.0. The number of hydrogen-bond donors (Lipinski definition) is 0. The van der Waals surface area contributed by atoms with Gasteiger partial charge in [-0.3, -0.25) is 0 Å². The van der Waals surface area contributed by atoms with Gasteiger partial charge >= 0.3 is 0 Å². The molecule has 0 aromatic heterocycles. The lowest BCUT2D eigenvalue weighted by Crippen LogP contribution is -2.09. The Kier molecular flexibility index (Phi) is 7.68. The second-order valence-electron chi connectivity index (χ2n) is 3.21. The fraction of sp³-hybridized carbons (Fsp3) is 1.00. The minimum atomic E-state index is -0.489. The van der Waals surface area contributed by atoms with Crippen LogP contribution in [-0.2, 0) is 0 Å². The summed E-state index contributed by atoms with van der Waals surface area (Å²) in [5.41, 5.74) is 0. The van der Waals surface area contributed by atoms with Crippen LogP contribution in [-0.4, -0.2) is 36.2 Å². The molecule has 0 saturated heterocycles. The molecule has 0 amide bonds. The Morgan fingerprint density at radius 2 is 1.42 bits per heavy atom. The van der Waals surface area contributed by atoms with Crippen LogP contribution in [0, 0.1) is 0 Å². The first kappa shape index (κ1) is 12.8. The minimum Gasteiger partial charge on any atom is -0.159 e. The van der Waals surface area contributed by atoms with E-state index in [4.69, 9.17) is 0 Å². The molecule has 0 aliphatic rings. The Labute approximate surface area is 83.2 Å². The maximum atomic E-state index is 2.39. The Morgan fingerprint density at radius 3 is 1.75 bits per heavy atom. The van der Waals surface area contributed by atoms with Crippen LogP contribution in [0.1, 0.15) is 27.7 Å². The summed E-state index contributed by atoms with van der Waals surface area (Å²) in [5.74, 6) is 2.69. The second kappa shape index (κ2) is 7.21. The van der Waals surface area contributed by atoms with E-state index in [1.807, 2.05) is 0 Å². The van der Waals surface area contributed by atoms with Crippen molar-refractivity contribution in [1.29, 1.82) is 0 Å². The van der Waals surface area contributed by atoms with Crippen LogP contribution < -0.4 is 0 Å². The van der Waals surface area contributed by atoms with Crippen molar-refractivity contribution in [3.8, 4) is 0 Å². The van der Waals surface area contributed by atoms with Crippen molar-refractivity contribution in [2.24, 2.45) is 0 Å². The molecule has 0 bridgehead atoms.